The molecule has 0 spiro atoms. The van der Waals surface area contributed by atoms with Crippen LogP contribution in [-0.4, -0.2) is 19.1 Å². The van der Waals surface area contributed by atoms with E-state index in [9.17, 15) is 4.79 Å². The summed E-state index contributed by atoms with van der Waals surface area (Å²) in [4.78, 5) is 12.5. The average Bonchev–Trinajstić information content (AvgIpc) is 2.56. The quantitative estimate of drug-likeness (QED) is 0.826. The summed E-state index contributed by atoms with van der Waals surface area (Å²) in [5.41, 5.74) is 2.06. The van der Waals surface area contributed by atoms with E-state index in [1.165, 1.54) is 0 Å². The number of carbonyl (C=O) groups excluding carboxylic acids is 1. The lowest BCUT2D eigenvalue weighted by molar-refractivity contribution is -0.123. The second-order valence-corrected chi connectivity index (χ2v) is 5.74. The largest absolute Gasteiger partial charge is 0.497 e. The molecule has 0 heterocycles. The zero-order chi connectivity index (χ0) is 16.7. The Kier molecular flexibility index (Phi) is 6.18. The summed E-state index contributed by atoms with van der Waals surface area (Å²) in [6, 6.07) is 17.3. The summed E-state index contributed by atoms with van der Waals surface area (Å²) in [7, 11) is 1.65. The molecule has 0 bridgehead atoms. The van der Waals surface area contributed by atoms with Gasteiger partial charge in [0.1, 0.15) is 11.8 Å². The Balaban J connectivity index is 2.09. The van der Waals surface area contributed by atoms with Crippen molar-refractivity contribution >= 4 is 5.91 Å². The van der Waals surface area contributed by atoms with Gasteiger partial charge in [0.05, 0.1) is 7.11 Å². The zero-order valence-corrected chi connectivity index (χ0v) is 13.9. The third-order valence-corrected chi connectivity index (χ3v) is 3.50. The summed E-state index contributed by atoms with van der Waals surface area (Å²) >= 11 is 0. The van der Waals surface area contributed by atoms with Crippen molar-refractivity contribution in [1.82, 2.24) is 10.6 Å². The molecule has 2 aromatic rings. The Morgan fingerprint density at radius 2 is 1.70 bits per heavy atom. The van der Waals surface area contributed by atoms with Crippen molar-refractivity contribution in [3.05, 3.63) is 65.7 Å². The van der Waals surface area contributed by atoms with Gasteiger partial charge in [0.2, 0.25) is 5.91 Å². The van der Waals surface area contributed by atoms with E-state index in [2.05, 4.69) is 10.6 Å². The molecule has 2 aromatic carbocycles. The van der Waals surface area contributed by atoms with Crippen LogP contribution in [0.15, 0.2) is 54.6 Å². The van der Waals surface area contributed by atoms with Gasteiger partial charge in [-0.2, -0.15) is 0 Å². The Morgan fingerprint density at radius 1 is 1.04 bits per heavy atom. The lowest BCUT2D eigenvalue weighted by Gasteiger charge is -2.20. The molecule has 1 amide bonds. The molecule has 122 valence electrons. The van der Waals surface area contributed by atoms with Gasteiger partial charge in [-0.1, -0.05) is 42.5 Å². The third kappa shape index (κ3) is 5.11. The number of ether oxygens (including phenoxy) is 1. The number of methoxy groups -OCH3 is 1. The highest BCUT2D eigenvalue weighted by molar-refractivity contribution is 5.83. The predicted octanol–water partition coefficient (Wildman–Crippen LogP) is 3.05. The molecule has 0 aliphatic carbocycles. The second-order valence-electron chi connectivity index (χ2n) is 5.74. The van der Waals surface area contributed by atoms with Crippen LogP contribution in [0.2, 0.25) is 0 Å². The van der Waals surface area contributed by atoms with Crippen molar-refractivity contribution in [2.45, 2.75) is 32.5 Å². The van der Waals surface area contributed by atoms with Gasteiger partial charge in [0.15, 0.2) is 0 Å². The molecule has 0 aliphatic heterocycles. The van der Waals surface area contributed by atoms with E-state index >= 15 is 0 Å². The van der Waals surface area contributed by atoms with Crippen molar-refractivity contribution in [3.63, 3.8) is 0 Å². The highest BCUT2D eigenvalue weighted by Gasteiger charge is 2.20. The first-order valence-electron chi connectivity index (χ1n) is 7.82. The third-order valence-electron chi connectivity index (χ3n) is 3.50. The first-order chi connectivity index (χ1) is 11.1. The molecule has 0 aromatic heterocycles. The van der Waals surface area contributed by atoms with Crippen molar-refractivity contribution in [3.8, 4) is 5.75 Å². The van der Waals surface area contributed by atoms with Crippen LogP contribution in [-0.2, 0) is 11.3 Å². The van der Waals surface area contributed by atoms with Crippen LogP contribution in [0.5, 0.6) is 5.75 Å². The summed E-state index contributed by atoms with van der Waals surface area (Å²) in [5, 5.41) is 6.32. The molecule has 0 fully saturated rings. The molecular formula is C19H24N2O2. The topological polar surface area (TPSA) is 50.4 Å². The molecular weight excluding hydrogens is 288 g/mol. The van der Waals surface area contributed by atoms with Gasteiger partial charge in [-0.05, 0) is 37.1 Å². The fourth-order valence-corrected chi connectivity index (χ4v) is 2.34. The van der Waals surface area contributed by atoms with Crippen molar-refractivity contribution in [2.24, 2.45) is 0 Å². The van der Waals surface area contributed by atoms with E-state index < -0.39 is 0 Å². The first-order valence-corrected chi connectivity index (χ1v) is 7.82. The minimum absolute atomic E-state index is 0.0142. The molecule has 2 rings (SSSR count). The van der Waals surface area contributed by atoms with Gasteiger partial charge < -0.3 is 10.1 Å². The van der Waals surface area contributed by atoms with Gasteiger partial charge in [0.25, 0.3) is 0 Å². The van der Waals surface area contributed by atoms with Gasteiger partial charge in [0, 0.05) is 12.6 Å². The maximum absolute atomic E-state index is 12.5. The first kappa shape index (κ1) is 17.0. The Labute approximate surface area is 137 Å². The van der Waals surface area contributed by atoms with Crippen LogP contribution in [0.1, 0.15) is 31.0 Å². The minimum atomic E-state index is -0.374. The van der Waals surface area contributed by atoms with Crippen molar-refractivity contribution < 1.29 is 9.53 Å². The van der Waals surface area contributed by atoms with E-state index in [0.717, 1.165) is 16.9 Å². The van der Waals surface area contributed by atoms with Crippen LogP contribution in [0.3, 0.4) is 0 Å². The molecule has 4 nitrogen and oxygen atoms in total. The number of nitrogens with one attached hydrogen (secondary N) is 2. The highest BCUT2D eigenvalue weighted by atomic mass is 16.5. The zero-order valence-electron chi connectivity index (χ0n) is 13.9. The Morgan fingerprint density at radius 3 is 2.26 bits per heavy atom. The van der Waals surface area contributed by atoms with E-state index in [0.29, 0.717) is 6.54 Å². The van der Waals surface area contributed by atoms with Crippen LogP contribution in [0.4, 0.5) is 0 Å². The number of hydrogen-bond donors (Lipinski definition) is 2. The standard InChI is InChI=1S/C19H24N2O2/c1-14(2)21-19(22)18(16-7-5-4-6-8-16)20-13-15-9-11-17(23-3)12-10-15/h4-12,14,18,20H,13H2,1-3H3,(H,21,22)/t18-/m0/s1. The molecule has 0 radical (unpaired) electrons. The molecule has 23 heavy (non-hydrogen) atoms. The fourth-order valence-electron chi connectivity index (χ4n) is 2.34. The summed E-state index contributed by atoms with van der Waals surface area (Å²) < 4.78 is 5.16. The average molecular weight is 312 g/mol. The number of benzene rings is 2. The van der Waals surface area contributed by atoms with Crippen LogP contribution in [0.25, 0.3) is 0 Å². The monoisotopic (exact) mass is 312 g/mol. The van der Waals surface area contributed by atoms with Crippen molar-refractivity contribution in [2.75, 3.05) is 7.11 Å². The molecule has 0 saturated carbocycles. The fraction of sp³-hybridized carbons (Fsp3) is 0.316. The van der Waals surface area contributed by atoms with Gasteiger partial charge >= 0.3 is 0 Å². The predicted molar refractivity (Wildman–Crippen MR) is 92.3 cm³/mol. The number of rotatable bonds is 7. The van der Waals surface area contributed by atoms with Crippen LogP contribution < -0.4 is 15.4 Å². The SMILES string of the molecule is COc1ccc(CN[C@H](C(=O)NC(C)C)c2ccccc2)cc1. The highest BCUT2D eigenvalue weighted by Crippen LogP contribution is 2.16. The normalized spacial score (nSPS) is 12.0. The van der Waals surface area contributed by atoms with Crippen molar-refractivity contribution in [1.29, 1.82) is 0 Å². The molecule has 0 aliphatic rings. The second kappa shape index (κ2) is 8.34. The molecule has 2 N–H and O–H groups in total. The smallest absolute Gasteiger partial charge is 0.241 e. The Hall–Kier alpha value is -2.33. The van der Waals surface area contributed by atoms with Gasteiger partial charge in [-0.25, -0.2) is 0 Å². The van der Waals surface area contributed by atoms with E-state index in [4.69, 9.17) is 4.74 Å². The molecule has 1 atom stereocenters. The van der Waals surface area contributed by atoms with Crippen LogP contribution in [0, 0.1) is 0 Å². The van der Waals surface area contributed by atoms with E-state index in [1.54, 1.807) is 7.11 Å². The summed E-state index contributed by atoms with van der Waals surface area (Å²) in [5.74, 6) is 0.811. The molecule has 0 unspecified atom stereocenters. The summed E-state index contributed by atoms with van der Waals surface area (Å²) in [6.45, 7) is 4.53. The Bertz CT molecular complexity index is 609. The lowest BCUT2D eigenvalue weighted by Crippen LogP contribution is -2.40. The van der Waals surface area contributed by atoms with Gasteiger partial charge in [-0.15, -0.1) is 0 Å². The lowest BCUT2D eigenvalue weighted by atomic mass is 10.1. The molecule has 4 heteroatoms. The number of hydrogen-bond acceptors (Lipinski definition) is 3. The van der Waals surface area contributed by atoms with E-state index in [-0.39, 0.29) is 18.0 Å². The van der Waals surface area contributed by atoms with Gasteiger partial charge in [-0.3, -0.25) is 10.1 Å². The number of amides is 1. The maximum atomic E-state index is 12.5. The minimum Gasteiger partial charge on any atom is -0.497 e. The molecule has 0 saturated heterocycles. The summed E-state index contributed by atoms with van der Waals surface area (Å²) in [6.07, 6.45) is 0. The van der Waals surface area contributed by atoms with Crippen LogP contribution >= 0.6 is 0 Å². The van der Waals surface area contributed by atoms with E-state index in [1.807, 2.05) is 68.4 Å². The number of carbonyl (C=O) groups is 1. The maximum Gasteiger partial charge on any atom is 0.241 e.